The summed E-state index contributed by atoms with van der Waals surface area (Å²) in [4.78, 5) is 0. The van der Waals surface area contributed by atoms with Crippen LogP contribution in [0.4, 0.5) is 4.39 Å². The van der Waals surface area contributed by atoms with Crippen LogP contribution in [-0.2, 0) is 0 Å². The number of nitrogens with one attached hydrogen (secondary N) is 1. The van der Waals surface area contributed by atoms with Gasteiger partial charge in [-0.1, -0.05) is 44.4 Å². The zero-order valence-corrected chi connectivity index (χ0v) is 12.8. The van der Waals surface area contributed by atoms with E-state index in [1.165, 1.54) is 31.7 Å². The molecule has 1 aliphatic carbocycles. The van der Waals surface area contributed by atoms with E-state index in [0.29, 0.717) is 10.6 Å². The van der Waals surface area contributed by atoms with Gasteiger partial charge in [-0.05, 0) is 48.9 Å². The first-order valence-electron chi connectivity index (χ1n) is 7.17. The Labute approximate surface area is 120 Å². The predicted octanol–water partition coefficient (Wildman–Crippen LogP) is 5.02. The van der Waals surface area contributed by atoms with Crippen LogP contribution in [0.2, 0.25) is 5.02 Å². The summed E-state index contributed by atoms with van der Waals surface area (Å²) in [6, 6.07) is 3.58. The highest BCUT2D eigenvalue weighted by Gasteiger charge is 2.38. The largest absolute Gasteiger partial charge is 0.310 e. The molecule has 0 heterocycles. The normalized spacial score (nSPS) is 19.6. The van der Waals surface area contributed by atoms with Gasteiger partial charge in [0.2, 0.25) is 0 Å². The Morgan fingerprint density at radius 2 is 2.00 bits per heavy atom. The Hall–Kier alpha value is -0.600. The van der Waals surface area contributed by atoms with Gasteiger partial charge in [0.05, 0.1) is 0 Å². The summed E-state index contributed by atoms with van der Waals surface area (Å²) >= 11 is 6.29. The van der Waals surface area contributed by atoms with Crippen LogP contribution in [0.1, 0.15) is 56.7 Å². The standard InChI is InChI=1S/C16H23ClFN/c1-4-19-15(16(3)7-5-6-8-16)12-9-11(2)14(18)10-13(12)17/h9-10,15,19H,4-8H2,1-3H3. The van der Waals surface area contributed by atoms with Gasteiger partial charge in [0.1, 0.15) is 5.82 Å². The van der Waals surface area contributed by atoms with Crippen molar-refractivity contribution in [3.63, 3.8) is 0 Å². The minimum Gasteiger partial charge on any atom is -0.310 e. The number of halogens is 2. The molecule has 1 aromatic carbocycles. The number of hydrogen-bond acceptors (Lipinski definition) is 1. The first-order valence-corrected chi connectivity index (χ1v) is 7.54. The second-order valence-electron chi connectivity index (χ2n) is 5.97. The molecule has 1 aromatic rings. The Morgan fingerprint density at radius 1 is 1.37 bits per heavy atom. The first kappa shape index (κ1) is 14.8. The average Bonchev–Trinajstić information content (AvgIpc) is 2.79. The summed E-state index contributed by atoms with van der Waals surface area (Å²) < 4.78 is 13.6. The molecular formula is C16H23ClFN. The molecule has 0 bridgehead atoms. The molecule has 2 rings (SSSR count). The third-order valence-electron chi connectivity index (χ3n) is 4.44. The SMILES string of the molecule is CCNC(c1cc(C)c(F)cc1Cl)C1(C)CCCC1. The summed E-state index contributed by atoms with van der Waals surface area (Å²) in [5.41, 5.74) is 1.94. The first-order chi connectivity index (χ1) is 8.98. The van der Waals surface area contributed by atoms with Crippen molar-refractivity contribution in [1.82, 2.24) is 5.32 Å². The molecule has 0 saturated heterocycles. The highest BCUT2D eigenvalue weighted by atomic mass is 35.5. The zero-order valence-electron chi connectivity index (χ0n) is 12.0. The summed E-state index contributed by atoms with van der Waals surface area (Å²) in [6.45, 7) is 7.13. The fourth-order valence-electron chi connectivity index (χ4n) is 3.31. The Balaban J connectivity index is 2.41. The Bertz CT molecular complexity index is 452. The lowest BCUT2D eigenvalue weighted by molar-refractivity contribution is 0.226. The highest BCUT2D eigenvalue weighted by molar-refractivity contribution is 6.31. The van der Waals surface area contributed by atoms with Crippen molar-refractivity contribution in [2.45, 2.75) is 52.5 Å². The third-order valence-corrected chi connectivity index (χ3v) is 4.77. The number of aryl methyl sites for hydroxylation is 1. The van der Waals surface area contributed by atoms with Gasteiger partial charge in [0.15, 0.2) is 0 Å². The highest BCUT2D eigenvalue weighted by Crippen LogP contribution is 2.48. The maximum atomic E-state index is 13.6. The maximum absolute atomic E-state index is 13.6. The second kappa shape index (κ2) is 5.80. The van der Waals surface area contributed by atoms with Crippen LogP contribution in [0.5, 0.6) is 0 Å². The van der Waals surface area contributed by atoms with Crippen LogP contribution in [0.25, 0.3) is 0 Å². The van der Waals surface area contributed by atoms with Gasteiger partial charge in [-0.25, -0.2) is 4.39 Å². The number of hydrogen-bond donors (Lipinski definition) is 1. The van der Waals surface area contributed by atoms with E-state index in [1.807, 2.05) is 6.07 Å². The van der Waals surface area contributed by atoms with Gasteiger partial charge in [-0.3, -0.25) is 0 Å². The molecule has 3 heteroatoms. The molecule has 1 unspecified atom stereocenters. The summed E-state index contributed by atoms with van der Waals surface area (Å²) in [7, 11) is 0. The smallest absolute Gasteiger partial charge is 0.127 e. The van der Waals surface area contributed by atoms with Crippen molar-refractivity contribution in [3.8, 4) is 0 Å². The second-order valence-corrected chi connectivity index (χ2v) is 6.38. The summed E-state index contributed by atoms with van der Waals surface area (Å²) in [6.07, 6.45) is 4.96. The van der Waals surface area contributed by atoms with Crippen LogP contribution in [-0.4, -0.2) is 6.54 Å². The van der Waals surface area contributed by atoms with E-state index < -0.39 is 0 Å². The topological polar surface area (TPSA) is 12.0 Å². The van der Waals surface area contributed by atoms with Crippen LogP contribution < -0.4 is 5.32 Å². The van der Waals surface area contributed by atoms with Gasteiger partial charge in [0.25, 0.3) is 0 Å². The molecule has 0 spiro atoms. The minimum absolute atomic E-state index is 0.215. The van der Waals surface area contributed by atoms with Crippen molar-refractivity contribution in [2.75, 3.05) is 6.54 Å². The lowest BCUT2D eigenvalue weighted by Crippen LogP contribution is -2.34. The van der Waals surface area contributed by atoms with Gasteiger partial charge in [0, 0.05) is 11.1 Å². The molecule has 1 N–H and O–H groups in total. The van der Waals surface area contributed by atoms with Crippen molar-refractivity contribution < 1.29 is 4.39 Å². The average molecular weight is 284 g/mol. The van der Waals surface area contributed by atoms with E-state index in [4.69, 9.17) is 11.6 Å². The van der Waals surface area contributed by atoms with Crippen molar-refractivity contribution >= 4 is 11.6 Å². The fraction of sp³-hybridized carbons (Fsp3) is 0.625. The molecule has 0 radical (unpaired) electrons. The molecule has 1 aliphatic rings. The molecule has 1 atom stereocenters. The van der Waals surface area contributed by atoms with E-state index in [1.54, 1.807) is 6.92 Å². The van der Waals surface area contributed by atoms with Crippen LogP contribution >= 0.6 is 11.6 Å². The fourth-order valence-corrected chi connectivity index (χ4v) is 3.57. The lowest BCUT2D eigenvalue weighted by atomic mass is 9.77. The minimum atomic E-state index is -0.222. The lowest BCUT2D eigenvalue weighted by Gasteiger charge is -2.36. The number of rotatable bonds is 4. The molecule has 0 aliphatic heterocycles. The van der Waals surface area contributed by atoms with E-state index >= 15 is 0 Å². The molecule has 0 aromatic heterocycles. The number of benzene rings is 1. The van der Waals surface area contributed by atoms with Gasteiger partial charge in [-0.15, -0.1) is 0 Å². The van der Waals surface area contributed by atoms with E-state index in [9.17, 15) is 4.39 Å². The zero-order chi connectivity index (χ0) is 14.0. The van der Waals surface area contributed by atoms with Crippen LogP contribution in [0.15, 0.2) is 12.1 Å². The molecule has 1 saturated carbocycles. The molecular weight excluding hydrogens is 261 g/mol. The van der Waals surface area contributed by atoms with Crippen molar-refractivity contribution in [3.05, 3.63) is 34.1 Å². The van der Waals surface area contributed by atoms with Gasteiger partial charge in [-0.2, -0.15) is 0 Å². The summed E-state index contributed by atoms with van der Waals surface area (Å²) in [5, 5.41) is 4.11. The molecule has 1 nitrogen and oxygen atoms in total. The Morgan fingerprint density at radius 3 is 2.58 bits per heavy atom. The predicted molar refractivity (Wildman–Crippen MR) is 79.1 cm³/mol. The van der Waals surface area contributed by atoms with E-state index in [-0.39, 0.29) is 17.3 Å². The molecule has 0 amide bonds. The van der Waals surface area contributed by atoms with E-state index in [2.05, 4.69) is 19.2 Å². The van der Waals surface area contributed by atoms with Crippen LogP contribution in [0.3, 0.4) is 0 Å². The Kier molecular flexibility index (Phi) is 4.52. The molecule has 19 heavy (non-hydrogen) atoms. The van der Waals surface area contributed by atoms with Crippen LogP contribution in [0, 0.1) is 18.2 Å². The molecule has 1 fully saturated rings. The molecule has 106 valence electrons. The maximum Gasteiger partial charge on any atom is 0.127 e. The third kappa shape index (κ3) is 2.95. The van der Waals surface area contributed by atoms with Crippen molar-refractivity contribution in [1.29, 1.82) is 0 Å². The van der Waals surface area contributed by atoms with Crippen molar-refractivity contribution in [2.24, 2.45) is 5.41 Å². The van der Waals surface area contributed by atoms with Gasteiger partial charge < -0.3 is 5.32 Å². The van der Waals surface area contributed by atoms with E-state index in [0.717, 1.165) is 12.1 Å². The quantitative estimate of drug-likeness (QED) is 0.818. The van der Waals surface area contributed by atoms with Gasteiger partial charge >= 0.3 is 0 Å². The monoisotopic (exact) mass is 283 g/mol. The summed E-state index contributed by atoms with van der Waals surface area (Å²) in [5.74, 6) is -0.222.